The van der Waals surface area contributed by atoms with E-state index in [-0.39, 0.29) is 0 Å². The van der Waals surface area contributed by atoms with Crippen LogP contribution in [0.3, 0.4) is 0 Å². The predicted molar refractivity (Wildman–Crippen MR) is 322 cm³/mol. The molecule has 358 valence electrons. The van der Waals surface area contributed by atoms with Gasteiger partial charge >= 0.3 is 0 Å². The molecule has 0 radical (unpaired) electrons. The number of anilines is 3. The molecule has 14 rings (SSSR count). The summed E-state index contributed by atoms with van der Waals surface area (Å²) in [6.07, 6.45) is 4.41. The quantitative estimate of drug-likeness (QED) is 0.124. The lowest BCUT2D eigenvalue weighted by molar-refractivity contribution is 0.885. The van der Waals surface area contributed by atoms with Crippen molar-refractivity contribution in [2.45, 2.75) is 12.8 Å². The van der Waals surface area contributed by atoms with Gasteiger partial charge in [-0.2, -0.15) is 0 Å². The van der Waals surface area contributed by atoms with Gasteiger partial charge in [0.2, 0.25) is 0 Å². The van der Waals surface area contributed by atoms with Crippen LogP contribution >= 0.6 is 0 Å². The molecule has 2 nitrogen and oxygen atoms in total. The Morgan fingerprint density at radius 1 is 0.289 bits per heavy atom. The Hall–Kier alpha value is -9.76. The SMILES string of the molecule is C1=C(c2cccc(-c3cccc(N(c4ccc(-c5ccc(-c6ccccc6)cc5)cc4)c4ccc(-c5ccc(-c6ccccc6)cc5)cc4)c3)c2)c2c(n(-c3ccc4c(ccc5ccccc54)c3)c3ccccc23)CC1. The van der Waals surface area contributed by atoms with Gasteiger partial charge in [-0.15, -0.1) is 0 Å². The zero-order chi connectivity index (χ0) is 50.4. The number of hydrogen-bond donors (Lipinski definition) is 0. The molecule has 13 aromatic rings. The van der Waals surface area contributed by atoms with Gasteiger partial charge in [0.25, 0.3) is 0 Å². The summed E-state index contributed by atoms with van der Waals surface area (Å²) in [7, 11) is 0. The van der Waals surface area contributed by atoms with E-state index in [4.69, 9.17) is 0 Å². The van der Waals surface area contributed by atoms with Gasteiger partial charge in [0.15, 0.2) is 0 Å². The second kappa shape index (κ2) is 19.3. The van der Waals surface area contributed by atoms with Crippen molar-refractivity contribution >= 4 is 55.1 Å². The summed E-state index contributed by atoms with van der Waals surface area (Å²) >= 11 is 0. The standard InChI is InChI=1S/C74H52N2/c1-3-14-51(15-4-1)53-28-32-55(33-29-53)57-38-42-64(43-39-57)75(65-44-40-58(41-45-65)56-34-30-54(31-35-56)52-16-5-2-6-17-52)66-22-12-20-61(49-66)60-19-11-21-62(48-60)70-25-13-27-73-74(70)71-24-9-10-26-72(71)76(73)67-46-47-69-63(50-67)37-36-59-18-7-8-23-68(59)69/h1-12,14-26,28-50H,13,27H2. The molecule has 1 aliphatic carbocycles. The van der Waals surface area contributed by atoms with Crippen molar-refractivity contribution in [3.8, 4) is 61.3 Å². The number of benzene rings is 12. The zero-order valence-electron chi connectivity index (χ0n) is 42.0. The minimum absolute atomic E-state index is 0.973. The Morgan fingerprint density at radius 2 is 0.750 bits per heavy atom. The normalized spacial score (nSPS) is 12.2. The molecular weight excluding hydrogens is 917 g/mol. The van der Waals surface area contributed by atoms with Crippen molar-refractivity contribution in [2.75, 3.05) is 4.90 Å². The molecule has 2 heteroatoms. The smallest absolute Gasteiger partial charge is 0.0537 e. The summed E-state index contributed by atoms with van der Waals surface area (Å²) in [4.78, 5) is 2.39. The second-order valence-electron chi connectivity index (χ2n) is 20.0. The van der Waals surface area contributed by atoms with Crippen LogP contribution in [0, 0.1) is 0 Å². The van der Waals surface area contributed by atoms with Crippen LogP contribution < -0.4 is 4.90 Å². The molecule has 0 N–H and O–H groups in total. The van der Waals surface area contributed by atoms with E-state index in [0.717, 1.165) is 35.5 Å². The van der Waals surface area contributed by atoms with Crippen LogP contribution in [0.2, 0.25) is 0 Å². The first kappa shape index (κ1) is 44.9. The molecule has 0 fully saturated rings. The fourth-order valence-electron chi connectivity index (χ4n) is 11.7. The van der Waals surface area contributed by atoms with Crippen molar-refractivity contribution < 1.29 is 0 Å². The van der Waals surface area contributed by atoms with E-state index in [1.54, 1.807) is 0 Å². The molecule has 0 spiro atoms. The maximum atomic E-state index is 2.52. The summed E-state index contributed by atoms with van der Waals surface area (Å²) in [6.45, 7) is 0. The first-order valence-electron chi connectivity index (χ1n) is 26.4. The molecule has 0 atom stereocenters. The number of nitrogens with zero attached hydrogens (tertiary/aromatic N) is 2. The Balaban J connectivity index is 0.813. The van der Waals surface area contributed by atoms with Crippen molar-refractivity contribution in [1.82, 2.24) is 4.57 Å². The Kier molecular flexibility index (Phi) is 11.4. The molecule has 1 heterocycles. The lowest BCUT2D eigenvalue weighted by Gasteiger charge is -2.26. The van der Waals surface area contributed by atoms with Crippen LogP contribution in [-0.2, 0) is 6.42 Å². The van der Waals surface area contributed by atoms with E-state index in [0.29, 0.717) is 0 Å². The highest BCUT2D eigenvalue weighted by molar-refractivity contribution is 6.08. The number of aromatic nitrogens is 1. The van der Waals surface area contributed by atoms with Crippen LogP contribution in [0.4, 0.5) is 17.1 Å². The molecule has 1 aromatic heterocycles. The van der Waals surface area contributed by atoms with Crippen LogP contribution in [0.1, 0.15) is 23.2 Å². The number of para-hydroxylation sites is 1. The average molecular weight is 969 g/mol. The van der Waals surface area contributed by atoms with Gasteiger partial charge in [-0.05, 0) is 162 Å². The first-order chi connectivity index (χ1) is 37.7. The third kappa shape index (κ3) is 8.27. The first-order valence-corrected chi connectivity index (χ1v) is 26.4. The Morgan fingerprint density at radius 3 is 1.37 bits per heavy atom. The van der Waals surface area contributed by atoms with Gasteiger partial charge in [-0.25, -0.2) is 0 Å². The van der Waals surface area contributed by atoms with E-state index in [9.17, 15) is 0 Å². The predicted octanol–water partition coefficient (Wildman–Crippen LogP) is 20.1. The van der Waals surface area contributed by atoms with E-state index < -0.39 is 0 Å². The monoisotopic (exact) mass is 968 g/mol. The van der Waals surface area contributed by atoms with Crippen LogP contribution in [0.5, 0.6) is 0 Å². The summed E-state index contributed by atoms with van der Waals surface area (Å²) in [5.74, 6) is 0. The highest BCUT2D eigenvalue weighted by Crippen LogP contribution is 2.44. The fraction of sp³-hybridized carbons (Fsp3) is 0.0270. The largest absolute Gasteiger partial charge is 0.313 e. The number of fused-ring (bicyclic) bond motifs is 6. The minimum atomic E-state index is 0.973. The molecule has 0 amide bonds. The maximum Gasteiger partial charge on any atom is 0.0537 e. The van der Waals surface area contributed by atoms with Crippen molar-refractivity contribution in [3.05, 3.63) is 308 Å². The van der Waals surface area contributed by atoms with Crippen molar-refractivity contribution in [1.29, 1.82) is 0 Å². The molecule has 0 saturated carbocycles. The Labute approximate surface area is 444 Å². The van der Waals surface area contributed by atoms with Gasteiger partial charge in [0.05, 0.1) is 5.52 Å². The van der Waals surface area contributed by atoms with Gasteiger partial charge in [0, 0.05) is 39.4 Å². The van der Waals surface area contributed by atoms with E-state index in [2.05, 4.69) is 301 Å². The van der Waals surface area contributed by atoms with Gasteiger partial charge in [-0.3, -0.25) is 0 Å². The summed E-state index contributed by atoms with van der Waals surface area (Å²) < 4.78 is 2.52. The average Bonchev–Trinajstić information content (AvgIpc) is 3.87. The lowest BCUT2D eigenvalue weighted by atomic mass is 9.88. The third-order valence-electron chi connectivity index (χ3n) is 15.5. The maximum absolute atomic E-state index is 2.52. The second-order valence-corrected chi connectivity index (χ2v) is 20.0. The van der Waals surface area contributed by atoms with Gasteiger partial charge < -0.3 is 9.47 Å². The topological polar surface area (TPSA) is 8.17 Å². The highest BCUT2D eigenvalue weighted by atomic mass is 15.1. The fourth-order valence-corrected chi connectivity index (χ4v) is 11.7. The lowest BCUT2D eigenvalue weighted by Crippen LogP contribution is -2.10. The molecule has 12 aromatic carbocycles. The Bertz CT molecular complexity index is 4150. The minimum Gasteiger partial charge on any atom is -0.313 e. The third-order valence-corrected chi connectivity index (χ3v) is 15.5. The molecular formula is C74H52N2. The van der Waals surface area contributed by atoms with Crippen molar-refractivity contribution in [3.63, 3.8) is 0 Å². The van der Waals surface area contributed by atoms with Gasteiger partial charge in [0.1, 0.15) is 0 Å². The van der Waals surface area contributed by atoms with Crippen LogP contribution in [0.15, 0.2) is 291 Å². The molecule has 76 heavy (non-hydrogen) atoms. The zero-order valence-corrected chi connectivity index (χ0v) is 42.0. The van der Waals surface area contributed by atoms with Crippen LogP contribution in [-0.4, -0.2) is 4.57 Å². The van der Waals surface area contributed by atoms with Crippen molar-refractivity contribution in [2.24, 2.45) is 0 Å². The highest BCUT2D eigenvalue weighted by Gasteiger charge is 2.25. The molecule has 0 unspecified atom stereocenters. The molecule has 0 bridgehead atoms. The number of allylic oxidation sites excluding steroid dienone is 1. The summed E-state index contributed by atoms with van der Waals surface area (Å²) in [5, 5.41) is 6.39. The van der Waals surface area contributed by atoms with E-state index in [1.165, 1.54) is 111 Å². The molecule has 0 saturated heterocycles. The molecule has 0 aliphatic heterocycles. The number of hydrogen-bond acceptors (Lipinski definition) is 1. The van der Waals surface area contributed by atoms with E-state index >= 15 is 0 Å². The molecule has 1 aliphatic rings. The number of rotatable bonds is 10. The summed E-state index contributed by atoms with van der Waals surface area (Å²) in [5.41, 5.74) is 22.9. The van der Waals surface area contributed by atoms with E-state index in [1.807, 2.05) is 0 Å². The van der Waals surface area contributed by atoms with Gasteiger partial charge in [-0.1, -0.05) is 231 Å². The summed E-state index contributed by atoms with van der Waals surface area (Å²) in [6, 6.07) is 104. The van der Waals surface area contributed by atoms with Crippen LogP contribution in [0.25, 0.3) is 99.3 Å².